The van der Waals surface area contributed by atoms with E-state index in [4.69, 9.17) is 0 Å². The van der Waals surface area contributed by atoms with Crippen LogP contribution in [-0.4, -0.2) is 38.7 Å². The molecule has 2 heterocycles. The summed E-state index contributed by atoms with van der Waals surface area (Å²) in [7, 11) is 0. The van der Waals surface area contributed by atoms with E-state index in [1.54, 1.807) is 22.3 Å². The van der Waals surface area contributed by atoms with Crippen LogP contribution in [0.3, 0.4) is 0 Å². The van der Waals surface area contributed by atoms with Gasteiger partial charge >= 0.3 is 0 Å². The van der Waals surface area contributed by atoms with Gasteiger partial charge in [0, 0.05) is 28.0 Å². The summed E-state index contributed by atoms with van der Waals surface area (Å²) in [5, 5.41) is 3.62. The number of aromatic nitrogens is 1. The zero-order valence-corrected chi connectivity index (χ0v) is 19.5. The summed E-state index contributed by atoms with van der Waals surface area (Å²) in [6.45, 7) is 4.11. The number of rotatable bonds is 6. The molecule has 1 atom stereocenters. The minimum atomic E-state index is -0.506. The van der Waals surface area contributed by atoms with Gasteiger partial charge in [-0.1, -0.05) is 45.1 Å². The maximum Gasteiger partial charge on any atom is 0.242 e. The van der Waals surface area contributed by atoms with Crippen LogP contribution in [0.1, 0.15) is 29.8 Å². The number of fused-ring (bicyclic) bond motifs is 1. The highest BCUT2D eigenvalue weighted by Gasteiger charge is 2.38. The van der Waals surface area contributed by atoms with Crippen molar-refractivity contribution in [3.63, 3.8) is 0 Å². The van der Waals surface area contributed by atoms with Gasteiger partial charge < -0.3 is 5.32 Å². The Morgan fingerprint density at radius 3 is 2.83 bits per heavy atom. The smallest absolute Gasteiger partial charge is 0.242 e. The van der Waals surface area contributed by atoms with E-state index in [9.17, 15) is 9.59 Å². The van der Waals surface area contributed by atoms with Crippen molar-refractivity contribution in [3.05, 3.63) is 52.0 Å². The van der Waals surface area contributed by atoms with Crippen molar-refractivity contribution in [2.24, 2.45) is 4.99 Å². The third-order valence-corrected chi connectivity index (χ3v) is 7.61. The monoisotopic (exact) mass is 504 g/mol. The first-order valence-corrected chi connectivity index (χ1v) is 12.2. The lowest BCUT2D eigenvalue weighted by Crippen LogP contribution is -2.33. The normalized spacial score (nSPS) is 19.8. The fourth-order valence-corrected chi connectivity index (χ4v) is 5.89. The summed E-state index contributed by atoms with van der Waals surface area (Å²) in [6, 6.07) is 7.34. The number of carbonyl (C=O) groups excluding carboxylic acids is 2. The fourth-order valence-electron chi connectivity index (χ4n) is 3.40. The van der Waals surface area contributed by atoms with Crippen molar-refractivity contribution in [1.82, 2.24) is 9.88 Å². The molecule has 2 amide bonds. The number of nitrogens with zero attached hydrogens (tertiary/aromatic N) is 3. The third-order valence-electron chi connectivity index (χ3n) is 4.86. The van der Waals surface area contributed by atoms with Gasteiger partial charge in [0.25, 0.3) is 0 Å². The number of hydrogen-bond acceptors (Lipinski definition) is 6. The van der Waals surface area contributed by atoms with Gasteiger partial charge in [0.1, 0.15) is 5.25 Å². The van der Waals surface area contributed by atoms with Crippen LogP contribution >= 0.6 is 39.0 Å². The van der Waals surface area contributed by atoms with Crippen LogP contribution in [0, 0.1) is 0 Å². The minimum Gasteiger partial charge on any atom is -0.326 e. The SMILES string of the molecule is C=CCN1C(=O)[C@@H](CC(=O)Nc2ccc(Br)cc2)SC1=Nc1nc2c(s1)CCCC2. The Kier molecular flexibility index (Phi) is 6.70. The number of halogens is 1. The molecule has 1 N–H and O–H groups in total. The predicted molar refractivity (Wildman–Crippen MR) is 127 cm³/mol. The highest BCUT2D eigenvalue weighted by molar-refractivity contribution is 9.10. The summed E-state index contributed by atoms with van der Waals surface area (Å²) in [5.41, 5.74) is 1.84. The van der Waals surface area contributed by atoms with Crippen molar-refractivity contribution in [2.75, 3.05) is 11.9 Å². The van der Waals surface area contributed by atoms with Gasteiger partial charge in [-0.3, -0.25) is 14.5 Å². The molecule has 2 aromatic rings. The molecule has 1 aliphatic carbocycles. The van der Waals surface area contributed by atoms with Gasteiger partial charge in [-0.15, -0.1) is 6.58 Å². The lowest BCUT2D eigenvalue weighted by molar-refractivity contribution is -0.127. The lowest BCUT2D eigenvalue weighted by Gasteiger charge is -2.13. The molecule has 30 heavy (non-hydrogen) atoms. The summed E-state index contributed by atoms with van der Waals surface area (Å²) in [4.78, 5) is 37.6. The number of thioether (sulfide) groups is 1. The molecule has 0 saturated carbocycles. The van der Waals surface area contributed by atoms with E-state index < -0.39 is 5.25 Å². The Hall–Kier alpha value is -1.97. The molecule has 0 bridgehead atoms. The Labute approximate surface area is 192 Å². The quantitative estimate of drug-likeness (QED) is 0.565. The number of carbonyl (C=O) groups is 2. The van der Waals surface area contributed by atoms with Gasteiger partial charge in [-0.2, -0.15) is 4.99 Å². The van der Waals surface area contributed by atoms with Crippen molar-refractivity contribution in [2.45, 2.75) is 37.4 Å². The van der Waals surface area contributed by atoms with Crippen LogP contribution in [-0.2, 0) is 22.4 Å². The minimum absolute atomic E-state index is 0.0839. The van der Waals surface area contributed by atoms with E-state index in [1.807, 2.05) is 24.3 Å². The van der Waals surface area contributed by atoms with Gasteiger partial charge in [-0.05, 0) is 49.9 Å². The molecular weight excluding hydrogens is 484 g/mol. The Morgan fingerprint density at radius 2 is 2.10 bits per heavy atom. The number of anilines is 1. The molecular formula is C21H21BrN4O2S2. The number of aliphatic imine (C=N–C) groups is 1. The average Bonchev–Trinajstić information content (AvgIpc) is 3.26. The second-order valence-corrected chi connectivity index (χ2v) is 10.2. The molecule has 1 fully saturated rings. The number of aryl methyl sites for hydroxylation is 2. The number of thiazole rings is 1. The van der Waals surface area contributed by atoms with E-state index in [2.05, 4.69) is 37.8 Å². The summed E-state index contributed by atoms with van der Waals surface area (Å²) < 4.78 is 0.937. The van der Waals surface area contributed by atoms with Gasteiger partial charge in [0.2, 0.25) is 16.9 Å². The molecule has 1 aliphatic heterocycles. The third kappa shape index (κ3) is 4.84. The van der Waals surface area contributed by atoms with E-state index in [1.165, 1.54) is 23.1 Å². The van der Waals surface area contributed by atoms with Crippen molar-refractivity contribution in [1.29, 1.82) is 0 Å². The number of hydrogen-bond donors (Lipinski definition) is 1. The molecule has 1 aromatic heterocycles. The second kappa shape index (κ2) is 9.45. The van der Waals surface area contributed by atoms with E-state index in [0.29, 0.717) is 22.5 Å². The maximum absolute atomic E-state index is 12.9. The van der Waals surface area contributed by atoms with E-state index in [-0.39, 0.29) is 18.2 Å². The molecule has 9 heteroatoms. The van der Waals surface area contributed by atoms with E-state index in [0.717, 1.165) is 29.4 Å². The van der Waals surface area contributed by atoms with Crippen LogP contribution in [0.25, 0.3) is 0 Å². The van der Waals surface area contributed by atoms with Gasteiger partial charge in [0.15, 0.2) is 5.17 Å². The van der Waals surface area contributed by atoms with Crippen molar-refractivity contribution in [3.8, 4) is 0 Å². The Morgan fingerprint density at radius 1 is 1.33 bits per heavy atom. The van der Waals surface area contributed by atoms with Crippen molar-refractivity contribution >= 4 is 66.8 Å². The van der Waals surface area contributed by atoms with E-state index >= 15 is 0 Å². The largest absolute Gasteiger partial charge is 0.326 e. The number of amidine groups is 1. The average molecular weight is 505 g/mol. The fraction of sp³-hybridized carbons (Fsp3) is 0.333. The number of amides is 2. The zero-order chi connectivity index (χ0) is 21.1. The van der Waals surface area contributed by atoms with Crippen LogP contribution in [0.2, 0.25) is 0 Å². The summed E-state index contributed by atoms with van der Waals surface area (Å²) >= 11 is 6.30. The molecule has 1 aromatic carbocycles. The number of benzene rings is 1. The highest BCUT2D eigenvalue weighted by Crippen LogP contribution is 2.35. The van der Waals surface area contributed by atoms with Gasteiger partial charge in [-0.25, -0.2) is 4.98 Å². The van der Waals surface area contributed by atoms with Gasteiger partial charge in [0.05, 0.1) is 5.69 Å². The maximum atomic E-state index is 12.9. The second-order valence-electron chi connectivity index (χ2n) is 7.07. The zero-order valence-electron chi connectivity index (χ0n) is 16.3. The Bertz CT molecular complexity index is 979. The standard InChI is InChI=1S/C21H21BrN4O2S2/c1-2-11-26-19(28)17(12-18(27)23-14-9-7-13(22)8-10-14)30-21(26)25-20-24-15-5-3-4-6-16(15)29-20/h2,7-10,17H,1,3-6,11-12H2,(H,23,27)/t17-/m1/s1. The molecule has 0 unspecified atom stereocenters. The molecule has 2 aliphatic rings. The summed E-state index contributed by atoms with van der Waals surface area (Å²) in [6.07, 6.45) is 6.16. The first-order chi connectivity index (χ1) is 14.5. The van der Waals surface area contributed by atoms with Crippen LogP contribution in [0.5, 0.6) is 0 Å². The molecule has 156 valence electrons. The topological polar surface area (TPSA) is 74.7 Å². The van der Waals surface area contributed by atoms with Crippen LogP contribution < -0.4 is 5.32 Å². The molecule has 4 rings (SSSR count). The molecule has 1 saturated heterocycles. The first-order valence-electron chi connectivity index (χ1n) is 9.75. The molecule has 0 spiro atoms. The Balaban J connectivity index is 1.48. The first kappa shape index (κ1) is 21.3. The lowest BCUT2D eigenvalue weighted by atomic mass is 10.0. The van der Waals surface area contributed by atoms with Crippen LogP contribution in [0.4, 0.5) is 10.8 Å². The molecule has 0 radical (unpaired) electrons. The van der Waals surface area contributed by atoms with Crippen molar-refractivity contribution < 1.29 is 9.59 Å². The predicted octanol–water partition coefficient (Wildman–Crippen LogP) is 4.93. The molecule has 6 nitrogen and oxygen atoms in total. The number of nitrogens with one attached hydrogen (secondary N) is 1. The summed E-state index contributed by atoms with van der Waals surface area (Å²) in [5.74, 6) is -0.321. The highest BCUT2D eigenvalue weighted by atomic mass is 79.9. The van der Waals surface area contributed by atoms with Crippen LogP contribution in [0.15, 0.2) is 46.4 Å².